The van der Waals surface area contributed by atoms with Crippen molar-refractivity contribution in [3.63, 3.8) is 0 Å². The van der Waals surface area contributed by atoms with Crippen LogP contribution in [0.1, 0.15) is 30.5 Å². The predicted molar refractivity (Wildman–Crippen MR) is 73.1 cm³/mol. The summed E-state index contributed by atoms with van der Waals surface area (Å²) in [6.45, 7) is 6.73. The van der Waals surface area contributed by atoms with Crippen molar-refractivity contribution in [2.75, 3.05) is 26.9 Å². The van der Waals surface area contributed by atoms with E-state index in [1.165, 1.54) is 11.1 Å². The van der Waals surface area contributed by atoms with Gasteiger partial charge in [-0.05, 0) is 33.4 Å². The molecule has 1 aliphatic heterocycles. The lowest BCUT2D eigenvalue weighted by atomic mass is 10.0. The van der Waals surface area contributed by atoms with Gasteiger partial charge in [-0.3, -0.25) is 0 Å². The SMILES string of the molecule is CNC(C)c1cc(C)ccc1OCC1CCOC1. The third-order valence-electron chi connectivity index (χ3n) is 3.56. The quantitative estimate of drug-likeness (QED) is 0.870. The summed E-state index contributed by atoms with van der Waals surface area (Å²) in [4.78, 5) is 0. The summed E-state index contributed by atoms with van der Waals surface area (Å²) in [5.41, 5.74) is 2.50. The molecule has 3 heteroatoms. The van der Waals surface area contributed by atoms with Crippen molar-refractivity contribution < 1.29 is 9.47 Å². The van der Waals surface area contributed by atoms with Gasteiger partial charge in [0.05, 0.1) is 13.2 Å². The normalized spacial score (nSPS) is 20.9. The van der Waals surface area contributed by atoms with E-state index in [1.54, 1.807) is 0 Å². The van der Waals surface area contributed by atoms with E-state index in [1.807, 2.05) is 7.05 Å². The minimum absolute atomic E-state index is 0.305. The summed E-state index contributed by atoms with van der Waals surface area (Å²) >= 11 is 0. The van der Waals surface area contributed by atoms with Crippen LogP contribution in [0, 0.1) is 12.8 Å². The second kappa shape index (κ2) is 6.21. The molecule has 1 heterocycles. The van der Waals surface area contributed by atoms with Crippen molar-refractivity contribution in [1.29, 1.82) is 0 Å². The number of benzene rings is 1. The van der Waals surface area contributed by atoms with E-state index < -0.39 is 0 Å². The predicted octanol–water partition coefficient (Wildman–Crippen LogP) is 2.69. The second-order valence-electron chi connectivity index (χ2n) is 5.09. The van der Waals surface area contributed by atoms with Crippen molar-refractivity contribution in [2.24, 2.45) is 5.92 Å². The lowest BCUT2D eigenvalue weighted by Crippen LogP contribution is -2.16. The smallest absolute Gasteiger partial charge is 0.124 e. The summed E-state index contributed by atoms with van der Waals surface area (Å²) in [5, 5.41) is 3.27. The zero-order chi connectivity index (χ0) is 13.0. The minimum Gasteiger partial charge on any atom is -0.493 e. The molecular weight excluding hydrogens is 226 g/mol. The van der Waals surface area contributed by atoms with Crippen LogP contribution < -0.4 is 10.1 Å². The van der Waals surface area contributed by atoms with Gasteiger partial charge in [0.2, 0.25) is 0 Å². The Kier molecular flexibility index (Phi) is 4.61. The molecule has 1 fully saturated rings. The monoisotopic (exact) mass is 249 g/mol. The van der Waals surface area contributed by atoms with E-state index in [2.05, 4.69) is 37.4 Å². The molecule has 2 atom stereocenters. The molecule has 3 nitrogen and oxygen atoms in total. The van der Waals surface area contributed by atoms with Gasteiger partial charge in [-0.1, -0.05) is 17.7 Å². The van der Waals surface area contributed by atoms with Crippen molar-refractivity contribution in [3.8, 4) is 5.75 Å². The van der Waals surface area contributed by atoms with Crippen molar-refractivity contribution in [3.05, 3.63) is 29.3 Å². The zero-order valence-electron chi connectivity index (χ0n) is 11.5. The van der Waals surface area contributed by atoms with Gasteiger partial charge in [-0.2, -0.15) is 0 Å². The number of nitrogens with one attached hydrogen (secondary N) is 1. The highest BCUT2D eigenvalue weighted by Crippen LogP contribution is 2.27. The number of hydrogen-bond donors (Lipinski definition) is 1. The lowest BCUT2D eigenvalue weighted by Gasteiger charge is -2.18. The molecular formula is C15H23NO2. The number of rotatable bonds is 5. The standard InChI is InChI=1S/C15H23NO2/c1-11-4-5-15(14(8-11)12(2)16-3)18-10-13-6-7-17-9-13/h4-5,8,12-13,16H,6-7,9-10H2,1-3H3. The van der Waals surface area contributed by atoms with Crippen LogP contribution in [0.5, 0.6) is 5.75 Å². The third kappa shape index (κ3) is 3.24. The average molecular weight is 249 g/mol. The second-order valence-corrected chi connectivity index (χ2v) is 5.09. The van der Waals surface area contributed by atoms with Crippen LogP contribution in [0.15, 0.2) is 18.2 Å². The molecule has 1 aromatic rings. The number of aryl methyl sites for hydroxylation is 1. The number of hydrogen-bond acceptors (Lipinski definition) is 3. The van der Waals surface area contributed by atoms with Crippen LogP contribution in [-0.4, -0.2) is 26.9 Å². The Morgan fingerprint density at radius 2 is 2.33 bits per heavy atom. The molecule has 0 aliphatic carbocycles. The molecule has 0 aromatic heterocycles. The molecule has 18 heavy (non-hydrogen) atoms. The van der Waals surface area contributed by atoms with Crippen LogP contribution in [-0.2, 0) is 4.74 Å². The Balaban J connectivity index is 2.05. The topological polar surface area (TPSA) is 30.5 Å². The molecule has 2 unspecified atom stereocenters. The highest BCUT2D eigenvalue weighted by molar-refractivity contribution is 5.38. The first-order chi connectivity index (χ1) is 8.70. The summed E-state index contributed by atoms with van der Waals surface area (Å²) in [6, 6.07) is 6.68. The Morgan fingerprint density at radius 1 is 1.50 bits per heavy atom. The zero-order valence-corrected chi connectivity index (χ0v) is 11.5. The Hall–Kier alpha value is -1.06. The van der Waals surface area contributed by atoms with E-state index in [0.29, 0.717) is 12.0 Å². The van der Waals surface area contributed by atoms with Crippen LogP contribution in [0.2, 0.25) is 0 Å². The number of ether oxygens (including phenoxy) is 2. The summed E-state index contributed by atoms with van der Waals surface area (Å²) in [6.07, 6.45) is 1.11. The van der Waals surface area contributed by atoms with Crippen molar-refractivity contribution in [1.82, 2.24) is 5.32 Å². The van der Waals surface area contributed by atoms with Gasteiger partial charge < -0.3 is 14.8 Å². The fourth-order valence-electron chi connectivity index (χ4n) is 2.22. The molecule has 0 spiro atoms. The molecule has 1 aliphatic rings. The molecule has 100 valence electrons. The van der Waals surface area contributed by atoms with E-state index in [4.69, 9.17) is 9.47 Å². The van der Waals surface area contributed by atoms with Gasteiger partial charge in [0.25, 0.3) is 0 Å². The first-order valence-electron chi connectivity index (χ1n) is 6.69. The maximum Gasteiger partial charge on any atom is 0.124 e. The van der Waals surface area contributed by atoms with Crippen LogP contribution in [0.25, 0.3) is 0 Å². The first kappa shape index (κ1) is 13.4. The van der Waals surface area contributed by atoms with Gasteiger partial charge in [0, 0.05) is 24.1 Å². The maximum absolute atomic E-state index is 5.98. The van der Waals surface area contributed by atoms with E-state index in [-0.39, 0.29) is 0 Å². The molecule has 0 bridgehead atoms. The fraction of sp³-hybridized carbons (Fsp3) is 0.600. The molecule has 0 radical (unpaired) electrons. The van der Waals surface area contributed by atoms with Crippen molar-refractivity contribution in [2.45, 2.75) is 26.3 Å². The van der Waals surface area contributed by atoms with Gasteiger partial charge in [0.15, 0.2) is 0 Å². The molecule has 2 rings (SSSR count). The van der Waals surface area contributed by atoms with Crippen LogP contribution >= 0.6 is 0 Å². The van der Waals surface area contributed by atoms with Crippen molar-refractivity contribution >= 4 is 0 Å². The Labute approximate surface area is 109 Å². The first-order valence-corrected chi connectivity index (χ1v) is 6.69. The molecule has 1 N–H and O–H groups in total. The lowest BCUT2D eigenvalue weighted by molar-refractivity contribution is 0.166. The summed E-state index contributed by atoms with van der Waals surface area (Å²) in [5.74, 6) is 1.54. The van der Waals surface area contributed by atoms with Gasteiger partial charge in [0.1, 0.15) is 5.75 Å². The molecule has 1 saturated heterocycles. The van der Waals surface area contributed by atoms with Crippen LogP contribution in [0.4, 0.5) is 0 Å². The summed E-state index contributed by atoms with van der Waals surface area (Å²) < 4.78 is 11.4. The Bertz CT molecular complexity index is 386. The molecule has 1 aromatic carbocycles. The highest BCUT2D eigenvalue weighted by atomic mass is 16.5. The average Bonchev–Trinajstić information content (AvgIpc) is 2.89. The van der Waals surface area contributed by atoms with Gasteiger partial charge in [-0.15, -0.1) is 0 Å². The van der Waals surface area contributed by atoms with E-state index in [9.17, 15) is 0 Å². The summed E-state index contributed by atoms with van der Waals surface area (Å²) in [7, 11) is 1.97. The highest BCUT2D eigenvalue weighted by Gasteiger charge is 2.17. The molecule has 0 saturated carbocycles. The fourth-order valence-corrected chi connectivity index (χ4v) is 2.22. The Morgan fingerprint density at radius 3 is 3.00 bits per heavy atom. The third-order valence-corrected chi connectivity index (χ3v) is 3.56. The van der Waals surface area contributed by atoms with Crippen LogP contribution in [0.3, 0.4) is 0 Å². The van der Waals surface area contributed by atoms with Gasteiger partial charge in [-0.25, -0.2) is 0 Å². The molecule has 0 amide bonds. The van der Waals surface area contributed by atoms with E-state index >= 15 is 0 Å². The maximum atomic E-state index is 5.98. The van der Waals surface area contributed by atoms with E-state index in [0.717, 1.165) is 32.0 Å². The van der Waals surface area contributed by atoms with Gasteiger partial charge >= 0.3 is 0 Å². The minimum atomic E-state index is 0.305. The largest absolute Gasteiger partial charge is 0.493 e.